The molecule has 1 unspecified atom stereocenters. The summed E-state index contributed by atoms with van der Waals surface area (Å²) >= 11 is 0. The molecule has 2 aromatic rings. The van der Waals surface area contributed by atoms with E-state index in [1.54, 1.807) is 12.4 Å². The van der Waals surface area contributed by atoms with Crippen LogP contribution in [0.2, 0.25) is 0 Å². The minimum atomic E-state index is 0.0812. The highest BCUT2D eigenvalue weighted by Crippen LogP contribution is 2.09. The van der Waals surface area contributed by atoms with Crippen molar-refractivity contribution in [3.8, 4) is 5.75 Å². The molecule has 112 valence electrons. The number of allylic oxidation sites excluding steroid dienone is 1. The predicted molar refractivity (Wildman–Crippen MR) is 83.2 cm³/mol. The minimum Gasteiger partial charge on any atom is -0.488 e. The molecule has 0 radical (unpaired) electrons. The van der Waals surface area contributed by atoms with E-state index in [-0.39, 0.29) is 6.10 Å². The van der Waals surface area contributed by atoms with Crippen molar-refractivity contribution in [1.29, 1.82) is 0 Å². The molecule has 0 aliphatic heterocycles. The summed E-state index contributed by atoms with van der Waals surface area (Å²) in [6.07, 6.45) is 7.43. The average Bonchev–Trinajstić information content (AvgIpc) is 2.80. The van der Waals surface area contributed by atoms with Crippen LogP contribution in [0.3, 0.4) is 0 Å². The summed E-state index contributed by atoms with van der Waals surface area (Å²) in [6, 6.07) is 3.78. The number of hydrogen-bond acceptors (Lipinski definition) is 4. The fraction of sp³-hybridized carbons (Fsp3) is 0.375. The largest absolute Gasteiger partial charge is 0.488 e. The number of nitrogens with zero attached hydrogens (tertiary/aromatic N) is 3. The number of ether oxygens (including phenoxy) is 1. The summed E-state index contributed by atoms with van der Waals surface area (Å²) in [5.74, 6) is 0.793. The molecule has 0 aromatic carbocycles. The van der Waals surface area contributed by atoms with Gasteiger partial charge in [-0.3, -0.25) is 9.67 Å². The van der Waals surface area contributed by atoms with Crippen LogP contribution in [0.15, 0.2) is 43.4 Å². The minimum absolute atomic E-state index is 0.0812. The van der Waals surface area contributed by atoms with Gasteiger partial charge in [-0.25, -0.2) is 0 Å². The second-order valence-corrected chi connectivity index (χ2v) is 5.00. The summed E-state index contributed by atoms with van der Waals surface area (Å²) < 4.78 is 7.66. The molecule has 5 heteroatoms. The molecule has 0 aliphatic rings. The van der Waals surface area contributed by atoms with E-state index in [4.69, 9.17) is 4.74 Å². The molecule has 5 nitrogen and oxygen atoms in total. The van der Waals surface area contributed by atoms with Crippen molar-refractivity contribution < 1.29 is 4.74 Å². The van der Waals surface area contributed by atoms with Gasteiger partial charge in [0.2, 0.25) is 0 Å². The van der Waals surface area contributed by atoms with Crippen LogP contribution in [0.5, 0.6) is 5.75 Å². The summed E-state index contributed by atoms with van der Waals surface area (Å²) in [7, 11) is 0. The highest BCUT2D eigenvalue weighted by atomic mass is 16.5. The molecular formula is C16H22N4O. The van der Waals surface area contributed by atoms with E-state index in [0.29, 0.717) is 0 Å². The molecular weight excluding hydrogens is 264 g/mol. The van der Waals surface area contributed by atoms with Gasteiger partial charge in [-0.15, -0.1) is 6.58 Å². The summed E-state index contributed by atoms with van der Waals surface area (Å²) in [5.41, 5.74) is 2.25. The second-order valence-electron chi connectivity index (χ2n) is 5.00. The van der Waals surface area contributed by atoms with E-state index >= 15 is 0 Å². The molecule has 0 saturated carbocycles. The maximum absolute atomic E-state index is 5.77. The number of nitrogens with one attached hydrogen (secondary N) is 1. The standard InChI is InChI=1S/C16H22N4O/c1-4-8-20-12-15(14(3)19-20)10-18-9-13(2)21-16-6-5-7-17-11-16/h4-7,11-13,18H,1,8-10H2,2-3H3. The van der Waals surface area contributed by atoms with E-state index < -0.39 is 0 Å². The molecule has 2 aromatic heterocycles. The van der Waals surface area contributed by atoms with E-state index in [0.717, 1.165) is 31.1 Å². The van der Waals surface area contributed by atoms with Crippen LogP contribution in [0, 0.1) is 6.92 Å². The van der Waals surface area contributed by atoms with Gasteiger partial charge in [0.1, 0.15) is 11.9 Å². The van der Waals surface area contributed by atoms with Gasteiger partial charge in [0.15, 0.2) is 0 Å². The Balaban J connectivity index is 1.77. The van der Waals surface area contributed by atoms with Crippen LogP contribution >= 0.6 is 0 Å². The van der Waals surface area contributed by atoms with Gasteiger partial charge in [0, 0.05) is 31.0 Å². The lowest BCUT2D eigenvalue weighted by atomic mass is 10.2. The summed E-state index contributed by atoms with van der Waals surface area (Å²) in [4.78, 5) is 4.03. The van der Waals surface area contributed by atoms with Gasteiger partial charge in [0.05, 0.1) is 18.4 Å². The maximum Gasteiger partial charge on any atom is 0.138 e. The number of rotatable bonds is 8. The maximum atomic E-state index is 5.77. The quantitative estimate of drug-likeness (QED) is 0.757. The Morgan fingerprint density at radius 1 is 1.52 bits per heavy atom. The third-order valence-electron chi connectivity index (χ3n) is 3.08. The molecule has 0 spiro atoms. The Labute approximate surface area is 125 Å². The number of aryl methyl sites for hydroxylation is 1. The monoisotopic (exact) mass is 286 g/mol. The molecule has 2 heterocycles. The highest BCUT2D eigenvalue weighted by molar-refractivity contribution is 5.16. The SMILES string of the molecule is C=CCn1cc(CNCC(C)Oc2cccnc2)c(C)n1. The van der Waals surface area contributed by atoms with Crippen molar-refractivity contribution in [2.75, 3.05) is 6.54 Å². The van der Waals surface area contributed by atoms with Gasteiger partial charge >= 0.3 is 0 Å². The van der Waals surface area contributed by atoms with Gasteiger partial charge in [-0.1, -0.05) is 6.08 Å². The Morgan fingerprint density at radius 2 is 2.38 bits per heavy atom. The van der Waals surface area contributed by atoms with Crippen molar-refractivity contribution in [2.24, 2.45) is 0 Å². The molecule has 0 aliphatic carbocycles. The van der Waals surface area contributed by atoms with E-state index in [1.807, 2.05) is 36.7 Å². The van der Waals surface area contributed by atoms with Crippen LogP contribution in [0.25, 0.3) is 0 Å². The topological polar surface area (TPSA) is 52.0 Å². The fourth-order valence-corrected chi connectivity index (χ4v) is 2.06. The van der Waals surface area contributed by atoms with Crippen molar-refractivity contribution in [1.82, 2.24) is 20.1 Å². The van der Waals surface area contributed by atoms with E-state index in [1.165, 1.54) is 5.56 Å². The third-order valence-corrected chi connectivity index (χ3v) is 3.08. The van der Waals surface area contributed by atoms with E-state index in [9.17, 15) is 0 Å². The van der Waals surface area contributed by atoms with Gasteiger partial charge < -0.3 is 10.1 Å². The second kappa shape index (κ2) is 7.59. The molecule has 0 bridgehead atoms. The van der Waals surface area contributed by atoms with Crippen molar-refractivity contribution >= 4 is 0 Å². The molecule has 1 atom stereocenters. The van der Waals surface area contributed by atoms with Gasteiger partial charge in [-0.2, -0.15) is 5.10 Å². The Morgan fingerprint density at radius 3 is 3.10 bits per heavy atom. The normalized spacial score (nSPS) is 12.1. The van der Waals surface area contributed by atoms with Crippen LogP contribution in [0.1, 0.15) is 18.2 Å². The molecule has 0 amide bonds. The molecule has 21 heavy (non-hydrogen) atoms. The zero-order valence-corrected chi connectivity index (χ0v) is 12.6. The van der Waals surface area contributed by atoms with Crippen molar-refractivity contribution in [3.63, 3.8) is 0 Å². The first kappa shape index (κ1) is 15.3. The first-order valence-electron chi connectivity index (χ1n) is 7.10. The third kappa shape index (κ3) is 4.72. The lowest BCUT2D eigenvalue weighted by Crippen LogP contribution is -2.28. The summed E-state index contributed by atoms with van der Waals surface area (Å²) in [5, 5.41) is 7.83. The number of hydrogen-bond donors (Lipinski definition) is 1. The smallest absolute Gasteiger partial charge is 0.138 e. The average molecular weight is 286 g/mol. The molecule has 2 rings (SSSR count). The van der Waals surface area contributed by atoms with Crippen LogP contribution in [-0.4, -0.2) is 27.4 Å². The zero-order chi connectivity index (χ0) is 15.1. The zero-order valence-electron chi connectivity index (χ0n) is 12.6. The number of pyridine rings is 1. The van der Waals surface area contributed by atoms with Gasteiger partial charge in [-0.05, 0) is 26.0 Å². The lowest BCUT2D eigenvalue weighted by molar-refractivity contribution is 0.216. The molecule has 0 saturated heterocycles. The predicted octanol–water partition coefficient (Wildman–Crippen LogP) is 2.33. The molecule has 0 fully saturated rings. The Bertz CT molecular complexity index is 565. The Hall–Kier alpha value is -2.14. The molecule has 1 N–H and O–H groups in total. The van der Waals surface area contributed by atoms with Crippen LogP contribution < -0.4 is 10.1 Å². The number of aromatic nitrogens is 3. The lowest BCUT2D eigenvalue weighted by Gasteiger charge is -2.14. The highest BCUT2D eigenvalue weighted by Gasteiger charge is 2.06. The fourth-order valence-electron chi connectivity index (χ4n) is 2.06. The van der Waals surface area contributed by atoms with Crippen LogP contribution in [0.4, 0.5) is 0 Å². The van der Waals surface area contributed by atoms with Gasteiger partial charge in [0.25, 0.3) is 0 Å². The first-order valence-corrected chi connectivity index (χ1v) is 7.10. The van der Waals surface area contributed by atoms with Crippen molar-refractivity contribution in [3.05, 3.63) is 54.6 Å². The Kier molecular flexibility index (Phi) is 5.51. The summed E-state index contributed by atoms with van der Waals surface area (Å²) in [6.45, 7) is 10.1. The first-order chi connectivity index (χ1) is 10.2. The van der Waals surface area contributed by atoms with E-state index in [2.05, 4.69) is 28.2 Å². The van der Waals surface area contributed by atoms with Crippen LogP contribution in [-0.2, 0) is 13.1 Å². The van der Waals surface area contributed by atoms with Crippen molar-refractivity contribution in [2.45, 2.75) is 33.0 Å².